The summed E-state index contributed by atoms with van der Waals surface area (Å²) in [5, 5.41) is 6.19. The van der Waals surface area contributed by atoms with Crippen LogP contribution in [0, 0.1) is 0 Å². The van der Waals surface area contributed by atoms with Crippen LogP contribution in [-0.2, 0) is 11.3 Å². The van der Waals surface area contributed by atoms with Gasteiger partial charge in [-0.1, -0.05) is 0 Å². The third-order valence-corrected chi connectivity index (χ3v) is 2.45. The van der Waals surface area contributed by atoms with Crippen molar-refractivity contribution in [1.82, 2.24) is 23.9 Å². The van der Waals surface area contributed by atoms with E-state index in [0.29, 0.717) is 5.69 Å². The zero-order valence-corrected chi connectivity index (χ0v) is 10.0. The van der Waals surface area contributed by atoms with Crippen LogP contribution in [0.4, 0.5) is 17.6 Å². The fourth-order valence-corrected chi connectivity index (χ4v) is 1.50. The molecule has 0 aliphatic carbocycles. The molecule has 104 valence electrons. The van der Waals surface area contributed by atoms with Gasteiger partial charge in [-0.15, -0.1) is 0 Å². The van der Waals surface area contributed by atoms with Crippen LogP contribution >= 0.6 is 11.7 Å². The minimum atomic E-state index is -4.18. The number of aromatic amines is 1. The van der Waals surface area contributed by atoms with Crippen molar-refractivity contribution in [2.45, 2.75) is 19.0 Å². The summed E-state index contributed by atoms with van der Waals surface area (Å²) in [6, 6.07) is 0. The van der Waals surface area contributed by atoms with Crippen LogP contribution in [0.5, 0.6) is 0 Å². The predicted molar refractivity (Wildman–Crippen MR) is 55.9 cm³/mol. The first-order valence-electron chi connectivity index (χ1n) is 4.92. The van der Waals surface area contributed by atoms with Gasteiger partial charge in [0.05, 0.1) is 17.9 Å². The van der Waals surface area contributed by atoms with Gasteiger partial charge in [-0.3, -0.25) is 5.10 Å². The Labute approximate surface area is 108 Å². The molecule has 0 fully saturated rings. The zero-order valence-electron chi connectivity index (χ0n) is 9.19. The van der Waals surface area contributed by atoms with E-state index in [1.165, 1.54) is 6.20 Å². The van der Waals surface area contributed by atoms with Crippen LogP contribution < -0.4 is 0 Å². The minimum absolute atomic E-state index is 0.132. The van der Waals surface area contributed by atoms with Crippen LogP contribution in [0.2, 0.25) is 0 Å². The fraction of sp³-hybridized carbons (Fsp3) is 0.500. The van der Waals surface area contributed by atoms with E-state index < -0.39 is 19.0 Å². The summed E-state index contributed by atoms with van der Waals surface area (Å²) in [6.45, 7) is -1.77. The van der Waals surface area contributed by atoms with Gasteiger partial charge in [0.1, 0.15) is 18.9 Å². The quantitative estimate of drug-likeness (QED) is 0.822. The molecule has 1 N–H and O–H groups in total. The van der Waals surface area contributed by atoms with Crippen molar-refractivity contribution in [3.8, 4) is 11.5 Å². The molecule has 0 aromatic carbocycles. The number of aromatic nitrogens is 5. The highest BCUT2D eigenvalue weighted by Crippen LogP contribution is 2.23. The molecule has 0 aliphatic rings. The van der Waals surface area contributed by atoms with Gasteiger partial charge in [-0.05, 0) is 0 Å². The summed E-state index contributed by atoms with van der Waals surface area (Å²) in [6.07, 6.45) is -2.33. The Balaban J connectivity index is 1.88. The molecule has 0 radical (unpaired) electrons. The monoisotopic (exact) mass is 297 g/mol. The Hall–Kier alpha value is -1.62. The van der Waals surface area contributed by atoms with E-state index in [4.69, 9.17) is 0 Å². The molecule has 6 nitrogen and oxygen atoms in total. The largest absolute Gasteiger partial charge is 0.367 e. The minimum Gasteiger partial charge on any atom is -0.367 e. The van der Waals surface area contributed by atoms with E-state index in [0.717, 1.165) is 11.7 Å². The lowest BCUT2D eigenvalue weighted by atomic mass is 10.4. The molecule has 2 aromatic heterocycles. The van der Waals surface area contributed by atoms with Crippen LogP contribution in [-0.4, -0.2) is 42.9 Å². The van der Waals surface area contributed by atoms with Crippen molar-refractivity contribution in [1.29, 1.82) is 0 Å². The summed E-state index contributed by atoms with van der Waals surface area (Å²) < 4.78 is 60.9. The Morgan fingerprint density at radius 3 is 2.84 bits per heavy atom. The molecule has 0 spiro atoms. The molecule has 0 amide bonds. The summed E-state index contributed by atoms with van der Waals surface area (Å²) in [7, 11) is 0. The summed E-state index contributed by atoms with van der Waals surface area (Å²) in [5.41, 5.74) is 0.422. The lowest BCUT2D eigenvalue weighted by Crippen LogP contribution is -2.32. The topological polar surface area (TPSA) is 76.6 Å². The SMILES string of the molecule is FC(F)C(F)(F)COCc1nc(-c2cnsn2)n[nH]1. The highest BCUT2D eigenvalue weighted by molar-refractivity contribution is 6.99. The first kappa shape index (κ1) is 13.8. The second kappa shape index (κ2) is 5.57. The average Bonchev–Trinajstić information content (AvgIpc) is 2.98. The number of alkyl halides is 4. The number of hydrogen-bond donors (Lipinski definition) is 1. The van der Waals surface area contributed by atoms with Gasteiger partial charge in [-0.2, -0.15) is 22.6 Å². The molecule has 2 rings (SSSR count). The number of rotatable bonds is 6. The molecular formula is C8H7F4N5OS. The molecule has 0 saturated carbocycles. The third-order valence-electron chi connectivity index (χ3n) is 1.97. The van der Waals surface area contributed by atoms with E-state index in [1.54, 1.807) is 0 Å². The van der Waals surface area contributed by atoms with E-state index in [9.17, 15) is 17.6 Å². The maximum atomic E-state index is 12.5. The lowest BCUT2D eigenvalue weighted by molar-refractivity contribution is -0.168. The molecule has 2 aromatic rings. The lowest BCUT2D eigenvalue weighted by Gasteiger charge is -2.14. The summed E-state index contributed by atoms with van der Waals surface area (Å²) in [5.74, 6) is -3.82. The van der Waals surface area contributed by atoms with Crippen molar-refractivity contribution >= 4 is 11.7 Å². The van der Waals surface area contributed by atoms with Gasteiger partial charge >= 0.3 is 12.3 Å². The van der Waals surface area contributed by atoms with Gasteiger partial charge in [0.25, 0.3) is 0 Å². The highest BCUT2D eigenvalue weighted by Gasteiger charge is 2.41. The Bertz CT molecular complexity index is 517. The van der Waals surface area contributed by atoms with E-state index >= 15 is 0 Å². The van der Waals surface area contributed by atoms with Gasteiger partial charge in [0.15, 0.2) is 5.82 Å². The van der Waals surface area contributed by atoms with Crippen LogP contribution in [0.1, 0.15) is 5.82 Å². The smallest absolute Gasteiger partial charge is 0.330 e. The number of ether oxygens (including phenoxy) is 1. The number of nitrogens with zero attached hydrogens (tertiary/aromatic N) is 4. The molecule has 19 heavy (non-hydrogen) atoms. The van der Waals surface area contributed by atoms with Gasteiger partial charge in [0, 0.05) is 0 Å². The van der Waals surface area contributed by atoms with Crippen LogP contribution in [0.25, 0.3) is 11.5 Å². The van der Waals surface area contributed by atoms with E-state index in [2.05, 4.69) is 28.7 Å². The Morgan fingerprint density at radius 1 is 1.42 bits per heavy atom. The standard InChI is InChI=1S/C8H7F4N5OS/c9-7(10)8(11,12)3-18-2-5-14-6(16-15-5)4-1-13-19-17-4/h1,7H,2-3H2,(H,14,15,16). The molecule has 2 heterocycles. The zero-order chi connectivity index (χ0) is 13.9. The van der Waals surface area contributed by atoms with Crippen molar-refractivity contribution in [2.24, 2.45) is 0 Å². The maximum Gasteiger partial charge on any atom is 0.330 e. The van der Waals surface area contributed by atoms with Crippen LogP contribution in [0.3, 0.4) is 0 Å². The van der Waals surface area contributed by atoms with Crippen molar-refractivity contribution < 1.29 is 22.3 Å². The van der Waals surface area contributed by atoms with E-state index in [-0.39, 0.29) is 18.3 Å². The number of nitrogens with one attached hydrogen (secondary N) is 1. The third kappa shape index (κ3) is 3.44. The van der Waals surface area contributed by atoms with Crippen LogP contribution in [0.15, 0.2) is 6.20 Å². The molecule has 0 unspecified atom stereocenters. The number of H-pyrrole nitrogens is 1. The first-order valence-corrected chi connectivity index (χ1v) is 5.65. The maximum absolute atomic E-state index is 12.5. The molecule has 0 aliphatic heterocycles. The Morgan fingerprint density at radius 2 is 2.21 bits per heavy atom. The van der Waals surface area contributed by atoms with Gasteiger partial charge in [-0.25, -0.2) is 13.8 Å². The van der Waals surface area contributed by atoms with E-state index in [1.807, 2.05) is 0 Å². The second-order valence-electron chi connectivity index (χ2n) is 3.45. The summed E-state index contributed by atoms with van der Waals surface area (Å²) >= 11 is 0.960. The second-order valence-corrected chi connectivity index (χ2v) is 4.01. The average molecular weight is 297 g/mol. The normalized spacial score (nSPS) is 12.3. The van der Waals surface area contributed by atoms with Crippen molar-refractivity contribution in [3.05, 3.63) is 12.0 Å². The van der Waals surface area contributed by atoms with Gasteiger partial charge < -0.3 is 4.74 Å². The number of halogens is 4. The molecule has 11 heteroatoms. The number of hydrogen-bond acceptors (Lipinski definition) is 6. The molecule has 0 bridgehead atoms. The van der Waals surface area contributed by atoms with Crippen molar-refractivity contribution in [3.63, 3.8) is 0 Å². The molecular weight excluding hydrogens is 290 g/mol. The van der Waals surface area contributed by atoms with Gasteiger partial charge in [0.2, 0.25) is 5.82 Å². The highest BCUT2D eigenvalue weighted by atomic mass is 32.1. The molecule has 0 atom stereocenters. The Kier molecular flexibility index (Phi) is 4.04. The summed E-state index contributed by atoms with van der Waals surface area (Å²) in [4.78, 5) is 3.90. The van der Waals surface area contributed by atoms with Crippen molar-refractivity contribution in [2.75, 3.05) is 6.61 Å². The fourth-order valence-electron chi connectivity index (χ4n) is 1.08. The molecule has 0 saturated heterocycles. The first-order chi connectivity index (χ1) is 8.99. The predicted octanol–water partition coefficient (Wildman–Crippen LogP) is 1.74.